The zero-order valence-electron chi connectivity index (χ0n) is 9.44. The van der Waals surface area contributed by atoms with E-state index >= 15 is 0 Å². The molecule has 0 N–H and O–H groups in total. The molecule has 0 fully saturated rings. The number of rotatable bonds is 5. The molecular weight excluding hydrogens is 228 g/mol. The summed E-state index contributed by atoms with van der Waals surface area (Å²) in [6, 6.07) is 4.95. The van der Waals surface area contributed by atoms with Gasteiger partial charge in [0, 0.05) is 12.6 Å². The van der Waals surface area contributed by atoms with E-state index in [2.05, 4.69) is 18.7 Å². The monoisotopic (exact) mass is 242 g/mol. The normalized spacial score (nSPS) is 10.8. The smallest absolute Gasteiger partial charge is 0.288 e. The molecule has 0 spiro atoms. The van der Waals surface area contributed by atoms with E-state index in [-0.39, 0.29) is 10.7 Å². The van der Waals surface area contributed by atoms with Crippen molar-refractivity contribution in [3.8, 4) is 0 Å². The van der Waals surface area contributed by atoms with Crippen LogP contribution < -0.4 is 0 Å². The van der Waals surface area contributed by atoms with Crippen molar-refractivity contribution >= 4 is 17.3 Å². The lowest BCUT2D eigenvalue weighted by molar-refractivity contribution is -0.384. The van der Waals surface area contributed by atoms with Crippen LogP contribution in [0.25, 0.3) is 0 Å². The van der Waals surface area contributed by atoms with Gasteiger partial charge in [0.2, 0.25) is 0 Å². The Morgan fingerprint density at radius 1 is 1.38 bits per heavy atom. The minimum absolute atomic E-state index is 0.0219. The molecular formula is C11H15ClN2O2. The molecule has 0 atom stereocenters. The van der Waals surface area contributed by atoms with Crippen molar-refractivity contribution in [2.24, 2.45) is 0 Å². The molecule has 0 unspecified atom stereocenters. The summed E-state index contributed by atoms with van der Waals surface area (Å²) >= 11 is 5.74. The molecule has 1 rings (SSSR count). The molecule has 16 heavy (non-hydrogen) atoms. The number of benzene rings is 1. The summed E-state index contributed by atoms with van der Waals surface area (Å²) in [4.78, 5) is 12.4. The first-order chi connectivity index (χ1) is 7.58. The molecule has 0 saturated heterocycles. The molecule has 0 aliphatic carbocycles. The highest BCUT2D eigenvalue weighted by atomic mass is 35.5. The summed E-state index contributed by atoms with van der Waals surface area (Å²) in [5.74, 6) is 0. The quantitative estimate of drug-likeness (QED) is 0.589. The van der Waals surface area contributed by atoms with E-state index in [0.717, 1.165) is 18.7 Å². The highest BCUT2D eigenvalue weighted by Gasteiger charge is 2.13. The lowest BCUT2D eigenvalue weighted by atomic mass is 10.2. The molecule has 0 bridgehead atoms. The highest BCUT2D eigenvalue weighted by Crippen LogP contribution is 2.25. The Morgan fingerprint density at radius 3 is 2.50 bits per heavy atom. The topological polar surface area (TPSA) is 46.4 Å². The van der Waals surface area contributed by atoms with Crippen LogP contribution in [0.5, 0.6) is 0 Å². The predicted octanol–water partition coefficient (Wildman–Crippen LogP) is 3.09. The Bertz CT molecular complexity index is 378. The van der Waals surface area contributed by atoms with E-state index in [9.17, 15) is 10.1 Å². The van der Waals surface area contributed by atoms with Gasteiger partial charge in [-0.05, 0) is 24.7 Å². The summed E-state index contributed by atoms with van der Waals surface area (Å²) in [7, 11) is 0. The first-order valence-corrected chi connectivity index (χ1v) is 5.61. The Hall–Kier alpha value is -1.13. The van der Waals surface area contributed by atoms with Gasteiger partial charge in [-0.3, -0.25) is 15.0 Å². The number of halogens is 1. The van der Waals surface area contributed by atoms with Crippen LogP contribution in [0, 0.1) is 10.1 Å². The molecule has 0 aliphatic rings. The van der Waals surface area contributed by atoms with E-state index in [1.165, 1.54) is 0 Å². The van der Waals surface area contributed by atoms with Crippen LogP contribution in [-0.4, -0.2) is 22.9 Å². The van der Waals surface area contributed by atoms with Crippen LogP contribution in [0.4, 0.5) is 5.69 Å². The maximum absolute atomic E-state index is 10.7. The third kappa shape index (κ3) is 3.18. The van der Waals surface area contributed by atoms with Gasteiger partial charge in [0.05, 0.1) is 4.92 Å². The van der Waals surface area contributed by atoms with Gasteiger partial charge in [-0.25, -0.2) is 0 Å². The Morgan fingerprint density at radius 2 is 2.00 bits per heavy atom. The van der Waals surface area contributed by atoms with E-state index in [1.54, 1.807) is 12.1 Å². The van der Waals surface area contributed by atoms with Crippen LogP contribution in [0.3, 0.4) is 0 Å². The summed E-state index contributed by atoms with van der Waals surface area (Å²) in [5, 5.41) is 10.9. The molecule has 0 radical (unpaired) electrons. The molecule has 0 heterocycles. The summed E-state index contributed by atoms with van der Waals surface area (Å²) in [6.07, 6.45) is 0. The third-order valence-electron chi connectivity index (χ3n) is 2.51. The second-order valence-electron chi connectivity index (χ2n) is 3.50. The van der Waals surface area contributed by atoms with Crippen molar-refractivity contribution in [1.82, 2.24) is 4.90 Å². The fraction of sp³-hybridized carbons (Fsp3) is 0.455. The number of hydrogen-bond donors (Lipinski definition) is 0. The maximum Gasteiger partial charge on any atom is 0.288 e. The maximum atomic E-state index is 10.7. The first-order valence-electron chi connectivity index (χ1n) is 5.23. The van der Waals surface area contributed by atoms with Crippen LogP contribution in [0.2, 0.25) is 5.02 Å². The minimum Gasteiger partial charge on any atom is -0.300 e. The number of hydrogen-bond acceptors (Lipinski definition) is 3. The van der Waals surface area contributed by atoms with Gasteiger partial charge < -0.3 is 0 Å². The van der Waals surface area contributed by atoms with Gasteiger partial charge >= 0.3 is 0 Å². The molecule has 0 saturated carbocycles. The summed E-state index contributed by atoms with van der Waals surface area (Å²) in [5.41, 5.74) is 0.895. The van der Waals surface area contributed by atoms with E-state index in [0.29, 0.717) is 6.54 Å². The average molecular weight is 243 g/mol. The fourth-order valence-corrected chi connectivity index (χ4v) is 1.69. The van der Waals surface area contributed by atoms with Crippen LogP contribution in [0.1, 0.15) is 19.4 Å². The van der Waals surface area contributed by atoms with E-state index in [1.807, 2.05) is 6.07 Å². The molecule has 88 valence electrons. The SMILES string of the molecule is CCN(CC)Cc1ccc(Cl)c([N+](=O)[O-])c1. The van der Waals surface area contributed by atoms with Gasteiger partial charge in [0.15, 0.2) is 0 Å². The molecule has 4 nitrogen and oxygen atoms in total. The van der Waals surface area contributed by atoms with Gasteiger partial charge in [-0.15, -0.1) is 0 Å². The lowest BCUT2D eigenvalue weighted by Crippen LogP contribution is -2.22. The Labute approximate surface area is 100.0 Å². The van der Waals surface area contributed by atoms with Gasteiger partial charge in [0.25, 0.3) is 5.69 Å². The zero-order chi connectivity index (χ0) is 12.1. The molecule has 0 aromatic heterocycles. The minimum atomic E-state index is -0.450. The van der Waals surface area contributed by atoms with Crippen LogP contribution >= 0.6 is 11.6 Å². The van der Waals surface area contributed by atoms with Gasteiger partial charge in [-0.1, -0.05) is 31.5 Å². The van der Waals surface area contributed by atoms with Crippen molar-refractivity contribution in [1.29, 1.82) is 0 Å². The fourth-order valence-electron chi connectivity index (χ4n) is 1.50. The number of nitrogens with zero attached hydrogens (tertiary/aromatic N) is 2. The second kappa shape index (κ2) is 5.82. The van der Waals surface area contributed by atoms with Crippen molar-refractivity contribution in [3.63, 3.8) is 0 Å². The zero-order valence-corrected chi connectivity index (χ0v) is 10.2. The van der Waals surface area contributed by atoms with Crippen molar-refractivity contribution in [2.45, 2.75) is 20.4 Å². The lowest BCUT2D eigenvalue weighted by Gasteiger charge is -2.17. The molecule has 0 aliphatic heterocycles. The largest absolute Gasteiger partial charge is 0.300 e. The number of nitro benzene ring substituents is 1. The molecule has 5 heteroatoms. The Kier molecular flexibility index (Phi) is 4.71. The van der Waals surface area contributed by atoms with Crippen LogP contribution in [0.15, 0.2) is 18.2 Å². The highest BCUT2D eigenvalue weighted by molar-refractivity contribution is 6.32. The van der Waals surface area contributed by atoms with Gasteiger partial charge in [0.1, 0.15) is 5.02 Å². The van der Waals surface area contributed by atoms with E-state index < -0.39 is 4.92 Å². The standard InChI is InChI=1S/C11H15ClN2O2/c1-3-13(4-2)8-9-5-6-10(12)11(7-9)14(15)16/h5-7H,3-4,8H2,1-2H3. The van der Waals surface area contributed by atoms with Gasteiger partial charge in [-0.2, -0.15) is 0 Å². The first kappa shape index (κ1) is 12.9. The predicted molar refractivity (Wildman–Crippen MR) is 64.7 cm³/mol. The Balaban J connectivity index is 2.90. The average Bonchev–Trinajstić information content (AvgIpc) is 2.27. The molecule has 1 aromatic rings. The van der Waals surface area contributed by atoms with Crippen LogP contribution in [-0.2, 0) is 6.54 Å². The second-order valence-corrected chi connectivity index (χ2v) is 3.91. The summed E-state index contributed by atoms with van der Waals surface area (Å²) in [6.45, 7) is 6.69. The van der Waals surface area contributed by atoms with Crippen molar-refractivity contribution in [2.75, 3.05) is 13.1 Å². The molecule has 0 amide bonds. The van der Waals surface area contributed by atoms with Crippen molar-refractivity contribution in [3.05, 3.63) is 38.9 Å². The molecule has 1 aromatic carbocycles. The number of nitro groups is 1. The third-order valence-corrected chi connectivity index (χ3v) is 2.83. The van der Waals surface area contributed by atoms with E-state index in [4.69, 9.17) is 11.6 Å². The van der Waals surface area contributed by atoms with Crippen molar-refractivity contribution < 1.29 is 4.92 Å². The summed E-state index contributed by atoms with van der Waals surface area (Å²) < 4.78 is 0.